The SMILES string of the molecule is COc1ccc2c(C=NNc3ncnc4scc(-c5ccccc5)c34)c[nH]c2c1. The van der Waals surface area contributed by atoms with E-state index in [1.165, 1.54) is 0 Å². The minimum Gasteiger partial charge on any atom is -0.497 e. The number of nitrogens with one attached hydrogen (secondary N) is 2. The third-order valence-electron chi connectivity index (χ3n) is 4.75. The topological polar surface area (TPSA) is 75.2 Å². The van der Waals surface area contributed by atoms with Crippen LogP contribution in [-0.4, -0.2) is 28.3 Å². The van der Waals surface area contributed by atoms with E-state index in [1.54, 1.807) is 31.0 Å². The van der Waals surface area contributed by atoms with Crippen molar-refractivity contribution in [3.05, 3.63) is 72.0 Å². The van der Waals surface area contributed by atoms with Gasteiger partial charge in [0.15, 0.2) is 5.82 Å². The maximum absolute atomic E-state index is 5.27. The lowest BCUT2D eigenvalue weighted by Gasteiger charge is -2.04. The number of aromatic nitrogens is 3. The Morgan fingerprint density at radius 1 is 1.14 bits per heavy atom. The molecule has 142 valence electrons. The smallest absolute Gasteiger partial charge is 0.159 e. The van der Waals surface area contributed by atoms with E-state index in [0.717, 1.165) is 43.6 Å². The monoisotopic (exact) mass is 399 g/mol. The predicted molar refractivity (Wildman–Crippen MR) is 119 cm³/mol. The van der Waals surface area contributed by atoms with Crippen LogP contribution >= 0.6 is 11.3 Å². The summed E-state index contributed by atoms with van der Waals surface area (Å²) in [6.07, 6.45) is 5.27. The van der Waals surface area contributed by atoms with Crippen LogP contribution in [0.1, 0.15) is 5.56 Å². The Kier molecular flexibility index (Phi) is 4.42. The lowest BCUT2D eigenvalue weighted by Crippen LogP contribution is -1.95. The first-order valence-corrected chi connectivity index (χ1v) is 9.93. The molecule has 0 spiro atoms. The maximum atomic E-state index is 5.27. The zero-order valence-corrected chi connectivity index (χ0v) is 16.4. The Hall–Kier alpha value is -3.71. The first-order valence-electron chi connectivity index (χ1n) is 9.05. The standard InChI is InChI=1S/C22H17N5OS/c1-28-16-7-8-17-15(10-23-19(17)9-16)11-26-27-21-20-18(14-5-3-2-4-6-14)12-29-22(20)25-13-24-21/h2-13,23H,1H3,(H,24,25,27). The molecule has 2 N–H and O–H groups in total. The van der Waals surface area contributed by atoms with E-state index in [1.807, 2.05) is 42.6 Å². The van der Waals surface area contributed by atoms with Gasteiger partial charge in [-0.3, -0.25) is 5.43 Å². The number of H-pyrrole nitrogens is 1. The fraction of sp³-hybridized carbons (Fsp3) is 0.0455. The Bertz CT molecular complexity index is 1320. The number of aromatic amines is 1. The van der Waals surface area contributed by atoms with Crippen LogP contribution in [0.4, 0.5) is 5.82 Å². The molecule has 0 radical (unpaired) electrons. The number of hydrogen-bond acceptors (Lipinski definition) is 6. The summed E-state index contributed by atoms with van der Waals surface area (Å²) in [5.74, 6) is 1.50. The Balaban J connectivity index is 1.47. The van der Waals surface area contributed by atoms with E-state index in [-0.39, 0.29) is 0 Å². The first-order chi connectivity index (χ1) is 14.3. The van der Waals surface area contributed by atoms with Crippen molar-refractivity contribution in [1.82, 2.24) is 15.0 Å². The predicted octanol–water partition coefficient (Wildman–Crippen LogP) is 5.29. The zero-order chi connectivity index (χ0) is 19.6. The number of benzene rings is 2. The molecule has 3 aromatic heterocycles. The van der Waals surface area contributed by atoms with Crippen molar-refractivity contribution in [3.8, 4) is 16.9 Å². The van der Waals surface area contributed by atoms with Gasteiger partial charge in [0.05, 0.1) is 18.7 Å². The average Bonchev–Trinajstić information content (AvgIpc) is 3.39. The first kappa shape index (κ1) is 17.4. The summed E-state index contributed by atoms with van der Waals surface area (Å²) in [5, 5.41) is 8.59. The van der Waals surface area contributed by atoms with Crippen molar-refractivity contribution in [1.29, 1.82) is 0 Å². The number of anilines is 1. The number of rotatable bonds is 5. The highest BCUT2D eigenvalue weighted by atomic mass is 32.1. The van der Waals surface area contributed by atoms with Crippen molar-refractivity contribution in [2.45, 2.75) is 0 Å². The zero-order valence-electron chi connectivity index (χ0n) is 15.6. The van der Waals surface area contributed by atoms with Crippen molar-refractivity contribution < 1.29 is 4.74 Å². The Labute approximate surface area is 170 Å². The molecule has 0 aliphatic heterocycles. The van der Waals surface area contributed by atoms with Gasteiger partial charge < -0.3 is 9.72 Å². The van der Waals surface area contributed by atoms with E-state index < -0.39 is 0 Å². The molecule has 7 heteroatoms. The molecule has 6 nitrogen and oxygen atoms in total. The lowest BCUT2D eigenvalue weighted by atomic mass is 10.1. The lowest BCUT2D eigenvalue weighted by molar-refractivity contribution is 0.415. The molecule has 0 saturated carbocycles. The van der Waals surface area contributed by atoms with Crippen molar-refractivity contribution in [2.75, 3.05) is 12.5 Å². The average molecular weight is 399 g/mol. The minimum atomic E-state index is 0.688. The van der Waals surface area contributed by atoms with Crippen LogP contribution in [0.3, 0.4) is 0 Å². The van der Waals surface area contributed by atoms with Crippen LogP contribution in [0.25, 0.3) is 32.2 Å². The van der Waals surface area contributed by atoms with Crippen molar-refractivity contribution in [2.24, 2.45) is 5.10 Å². The van der Waals surface area contributed by atoms with Gasteiger partial charge in [-0.2, -0.15) is 5.10 Å². The van der Waals surface area contributed by atoms with E-state index >= 15 is 0 Å². The molecule has 29 heavy (non-hydrogen) atoms. The second kappa shape index (κ2) is 7.37. The van der Waals surface area contributed by atoms with Crippen molar-refractivity contribution >= 4 is 44.5 Å². The fourth-order valence-corrected chi connectivity index (χ4v) is 4.23. The number of nitrogens with zero attached hydrogens (tertiary/aromatic N) is 3. The summed E-state index contributed by atoms with van der Waals surface area (Å²) in [6, 6.07) is 16.2. The summed E-state index contributed by atoms with van der Waals surface area (Å²) in [5.41, 5.74) is 7.31. The molecule has 0 saturated heterocycles. The van der Waals surface area contributed by atoms with Gasteiger partial charge in [0, 0.05) is 39.7 Å². The quantitative estimate of drug-likeness (QED) is 0.311. The van der Waals surface area contributed by atoms with Crippen LogP contribution in [0.5, 0.6) is 5.75 Å². The molecule has 0 unspecified atom stereocenters. The Morgan fingerprint density at radius 3 is 2.90 bits per heavy atom. The van der Waals surface area contributed by atoms with Gasteiger partial charge in [-0.05, 0) is 17.7 Å². The summed E-state index contributed by atoms with van der Waals surface area (Å²) in [7, 11) is 1.66. The Morgan fingerprint density at radius 2 is 2.03 bits per heavy atom. The van der Waals surface area contributed by atoms with Crippen LogP contribution in [0, 0.1) is 0 Å². The molecule has 0 aliphatic rings. The summed E-state index contributed by atoms with van der Waals surface area (Å²) in [6.45, 7) is 0. The van der Waals surface area contributed by atoms with Crippen LogP contribution in [0.2, 0.25) is 0 Å². The normalized spacial score (nSPS) is 11.5. The van der Waals surface area contributed by atoms with Gasteiger partial charge in [-0.25, -0.2) is 9.97 Å². The van der Waals surface area contributed by atoms with E-state index in [4.69, 9.17) is 4.74 Å². The molecule has 0 atom stereocenters. The number of hydrogen-bond donors (Lipinski definition) is 2. The third kappa shape index (κ3) is 3.21. The molecular weight excluding hydrogens is 382 g/mol. The molecule has 2 aromatic carbocycles. The van der Waals surface area contributed by atoms with E-state index in [2.05, 4.69) is 43.0 Å². The third-order valence-corrected chi connectivity index (χ3v) is 5.64. The highest BCUT2D eigenvalue weighted by molar-refractivity contribution is 7.17. The van der Waals surface area contributed by atoms with Gasteiger partial charge in [-0.1, -0.05) is 30.3 Å². The van der Waals surface area contributed by atoms with Gasteiger partial charge in [0.25, 0.3) is 0 Å². The summed E-state index contributed by atoms with van der Waals surface area (Å²) in [4.78, 5) is 13.0. The van der Waals surface area contributed by atoms with Crippen LogP contribution < -0.4 is 10.2 Å². The van der Waals surface area contributed by atoms with Gasteiger partial charge in [-0.15, -0.1) is 11.3 Å². The second-order valence-electron chi connectivity index (χ2n) is 6.44. The molecule has 5 aromatic rings. The fourth-order valence-electron chi connectivity index (χ4n) is 3.31. The van der Waals surface area contributed by atoms with Gasteiger partial charge >= 0.3 is 0 Å². The van der Waals surface area contributed by atoms with E-state index in [9.17, 15) is 0 Å². The van der Waals surface area contributed by atoms with E-state index in [0.29, 0.717) is 5.82 Å². The molecule has 3 heterocycles. The number of hydrazone groups is 1. The molecule has 0 fully saturated rings. The molecule has 0 amide bonds. The van der Waals surface area contributed by atoms with Gasteiger partial charge in [0.1, 0.15) is 16.9 Å². The molecule has 0 bridgehead atoms. The summed E-state index contributed by atoms with van der Waals surface area (Å²) < 4.78 is 5.27. The number of fused-ring (bicyclic) bond motifs is 2. The van der Waals surface area contributed by atoms with Crippen molar-refractivity contribution in [3.63, 3.8) is 0 Å². The maximum Gasteiger partial charge on any atom is 0.159 e. The number of methoxy groups -OCH3 is 1. The largest absolute Gasteiger partial charge is 0.497 e. The summed E-state index contributed by atoms with van der Waals surface area (Å²) >= 11 is 1.60. The molecule has 5 rings (SSSR count). The van der Waals surface area contributed by atoms with Crippen LogP contribution in [-0.2, 0) is 0 Å². The highest BCUT2D eigenvalue weighted by Crippen LogP contribution is 2.36. The van der Waals surface area contributed by atoms with Gasteiger partial charge in [0.2, 0.25) is 0 Å². The minimum absolute atomic E-state index is 0.688. The second-order valence-corrected chi connectivity index (χ2v) is 7.30. The number of thiophene rings is 1. The number of ether oxygens (including phenoxy) is 1. The van der Waals surface area contributed by atoms with Crippen LogP contribution in [0.15, 0.2) is 71.5 Å². The molecular formula is C22H17N5OS. The molecule has 0 aliphatic carbocycles. The highest BCUT2D eigenvalue weighted by Gasteiger charge is 2.12.